The monoisotopic (exact) mass is 249 g/mol. The number of hydrogen-bond acceptors (Lipinski definition) is 3. The van der Waals surface area contributed by atoms with Crippen molar-refractivity contribution in [2.45, 2.75) is 0 Å². The molecule has 0 bridgehead atoms. The molecule has 0 amide bonds. The van der Waals surface area contributed by atoms with E-state index in [1.807, 2.05) is 0 Å². The maximum atomic E-state index is 13.5. The van der Waals surface area contributed by atoms with Crippen molar-refractivity contribution < 1.29 is 9.31 Å². The van der Waals surface area contributed by atoms with Crippen molar-refractivity contribution in [2.24, 2.45) is 0 Å². The van der Waals surface area contributed by atoms with E-state index >= 15 is 0 Å². The van der Waals surface area contributed by atoms with Gasteiger partial charge in [-0.15, -0.1) is 11.3 Å². The molecule has 1 aromatic carbocycles. The van der Waals surface area contributed by atoms with Gasteiger partial charge in [0.1, 0.15) is 5.82 Å². The molecule has 0 saturated heterocycles. The lowest BCUT2D eigenvalue weighted by Gasteiger charge is -1.97. The summed E-state index contributed by atoms with van der Waals surface area (Å²) in [5.74, 6) is -0.292. The van der Waals surface area contributed by atoms with E-state index in [1.165, 1.54) is 23.5 Å². The number of rotatable bonds is 3. The van der Waals surface area contributed by atoms with Gasteiger partial charge in [-0.3, -0.25) is 10.1 Å². The first-order chi connectivity index (χ1) is 8.16. The van der Waals surface area contributed by atoms with Crippen LogP contribution in [0.2, 0.25) is 0 Å². The topological polar surface area (TPSA) is 43.1 Å². The molecule has 2 rings (SSSR count). The van der Waals surface area contributed by atoms with Gasteiger partial charge in [0, 0.05) is 21.4 Å². The smallest absolute Gasteiger partial charge is 0.235 e. The summed E-state index contributed by atoms with van der Waals surface area (Å²) in [6.45, 7) is 0. The number of nitro groups is 1. The second kappa shape index (κ2) is 4.88. The SMILES string of the molecule is O=[N+]([O-])C=Cc1ccc(-c2ccccc2F)s1. The largest absolute Gasteiger partial charge is 0.259 e. The van der Waals surface area contributed by atoms with Gasteiger partial charge in [-0.05, 0) is 18.2 Å². The molecular weight excluding hydrogens is 241 g/mol. The highest BCUT2D eigenvalue weighted by Gasteiger charge is 2.06. The van der Waals surface area contributed by atoms with E-state index in [0.29, 0.717) is 5.56 Å². The summed E-state index contributed by atoms with van der Waals surface area (Å²) < 4.78 is 13.5. The van der Waals surface area contributed by atoms with Gasteiger partial charge in [-0.25, -0.2) is 4.39 Å². The van der Waals surface area contributed by atoms with Crippen LogP contribution < -0.4 is 0 Å². The van der Waals surface area contributed by atoms with Crippen molar-refractivity contribution in [3.8, 4) is 10.4 Å². The van der Waals surface area contributed by atoms with Crippen molar-refractivity contribution in [2.75, 3.05) is 0 Å². The minimum atomic E-state index is -0.525. The van der Waals surface area contributed by atoms with Crippen LogP contribution in [0.3, 0.4) is 0 Å². The van der Waals surface area contributed by atoms with Crippen molar-refractivity contribution in [1.29, 1.82) is 0 Å². The standard InChI is InChI=1S/C12H8FNO2S/c13-11-4-2-1-3-10(11)12-6-5-9(17-12)7-8-14(15)16/h1-8H. The molecule has 0 aliphatic carbocycles. The molecule has 0 saturated carbocycles. The number of benzene rings is 1. The third-order valence-corrected chi connectivity index (χ3v) is 3.21. The molecule has 0 unspecified atom stereocenters. The molecule has 1 heterocycles. The van der Waals surface area contributed by atoms with Gasteiger partial charge in [-0.1, -0.05) is 18.2 Å². The molecule has 0 radical (unpaired) electrons. The van der Waals surface area contributed by atoms with Gasteiger partial charge in [0.05, 0.1) is 4.92 Å². The molecule has 0 aliphatic rings. The molecule has 0 aliphatic heterocycles. The van der Waals surface area contributed by atoms with Crippen LogP contribution in [-0.4, -0.2) is 4.92 Å². The highest BCUT2D eigenvalue weighted by Crippen LogP contribution is 2.30. The Morgan fingerprint density at radius 2 is 2.00 bits per heavy atom. The van der Waals surface area contributed by atoms with Crippen LogP contribution >= 0.6 is 11.3 Å². The van der Waals surface area contributed by atoms with Gasteiger partial charge < -0.3 is 0 Å². The maximum Gasteiger partial charge on any atom is 0.235 e. The van der Waals surface area contributed by atoms with E-state index in [-0.39, 0.29) is 5.82 Å². The molecule has 0 N–H and O–H groups in total. The summed E-state index contributed by atoms with van der Waals surface area (Å²) in [5, 5.41) is 10.2. The number of hydrogen-bond donors (Lipinski definition) is 0. The van der Waals surface area contributed by atoms with Crippen LogP contribution in [0.5, 0.6) is 0 Å². The predicted octanol–water partition coefficient (Wildman–Crippen LogP) is 3.80. The van der Waals surface area contributed by atoms with Crippen LogP contribution in [0, 0.1) is 15.9 Å². The van der Waals surface area contributed by atoms with E-state index in [2.05, 4.69) is 0 Å². The zero-order valence-corrected chi connectivity index (χ0v) is 9.49. The van der Waals surface area contributed by atoms with E-state index in [0.717, 1.165) is 16.0 Å². The van der Waals surface area contributed by atoms with Crippen molar-refractivity contribution in [1.82, 2.24) is 0 Å². The molecular formula is C12H8FNO2S. The molecule has 3 nitrogen and oxygen atoms in total. The molecule has 0 fully saturated rings. The lowest BCUT2D eigenvalue weighted by atomic mass is 10.2. The van der Waals surface area contributed by atoms with E-state index in [9.17, 15) is 14.5 Å². The third-order valence-electron chi connectivity index (χ3n) is 2.13. The molecule has 2 aromatic rings. The van der Waals surface area contributed by atoms with Gasteiger partial charge >= 0.3 is 0 Å². The average Bonchev–Trinajstić information content (AvgIpc) is 2.75. The number of thiophene rings is 1. The fourth-order valence-electron chi connectivity index (χ4n) is 1.38. The molecule has 5 heteroatoms. The van der Waals surface area contributed by atoms with Crippen LogP contribution in [-0.2, 0) is 0 Å². The van der Waals surface area contributed by atoms with Gasteiger partial charge in [0.15, 0.2) is 0 Å². The fourth-order valence-corrected chi connectivity index (χ4v) is 2.31. The quantitative estimate of drug-likeness (QED) is 0.613. The Kier molecular flexibility index (Phi) is 3.30. The van der Waals surface area contributed by atoms with Crippen molar-refractivity contribution >= 4 is 17.4 Å². The second-order valence-corrected chi connectivity index (χ2v) is 4.40. The zero-order valence-electron chi connectivity index (χ0n) is 8.67. The highest BCUT2D eigenvalue weighted by atomic mass is 32.1. The average molecular weight is 249 g/mol. The van der Waals surface area contributed by atoms with Crippen molar-refractivity contribution in [3.05, 3.63) is 63.4 Å². The highest BCUT2D eigenvalue weighted by molar-refractivity contribution is 7.16. The second-order valence-electron chi connectivity index (χ2n) is 3.28. The van der Waals surface area contributed by atoms with E-state index in [4.69, 9.17) is 0 Å². The summed E-state index contributed by atoms with van der Waals surface area (Å²) in [4.78, 5) is 11.1. The first kappa shape index (κ1) is 11.5. The Balaban J connectivity index is 2.30. The lowest BCUT2D eigenvalue weighted by Crippen LogP contribution is -1.80. The summed E-state index contributed by atoms with van der Waals surface area (Å²) >= 11 is 1.31. The van der Waals surface area contributed by atoms with E-state index in [1.54, 1.807) is 30.3 Å². The summed E-state index contributed by atoms with van der Waals surface area (Å²) in [6, 6.07) is 9.93. The van der Waals surface area contributed by atoms with Gasteiger partial charge in [0.2, 0.25) is 6.20 Å². The Bertz CT molecular complexity index is 577. The van der Waals surface area contributed by atoms with Crippen LogP contribution in [0.15, 0.2) is 42.6 Å². The minimum Gasteiger partial charge on any atom is -0.259 e. The van der Waals surface area contributed by atoms with Gasteiger partial charge in [-0.2, -0.15) is 0 Å². The predicted molar refractivity (Wildman–Crippen MR) is 65.7 cm³/mol. The first-order valence-corrected chi connectivity index (χ1v) is 5.65. The Morgan fingerprint density at radius 3 is 2.71 bits per heavy atom. The summed E-state index contributed by atoms with van der Waals surface area (Å²) in [5.41, 5.74) is 0.512. The molecule has 17 heavy (non-hydrogen) atoms. The summed E-state index contributed by atoms with van der Waals surface area (Å²) in [6.07, 6.45) is 2.27. The molecule has 86 valence electrons. The molecule has 0 spiro atoms. The van der Waals surface area contributed by atoms with Crippen molar-refractivity contribution in [3.63, 3.8) is 0 Å². The normalized spacial score (nSPS) is 10.9. The minimum absolute atomic E-state index is 0.292. The lowest BCUT2D eigenvalue weighted by molar-refractivity contribution is -0.400. The first-order valence-electron chi connectivity index (χ1n) is 4.83. The van der Waals surface area contributed by atoms with E-state index < -0.39 is 4.92 Å². The third kappa shape index (κ3) is 2.76. The van der Waals surface area contributed by atoms with Gasteiger partial charge in [0.25, 0.3) is 0 Å². The summed E-state index contributed by atoms with van der Waals surface area (Å²) in [7, 11) is 0. The van der Waals surface area contributed by atoms with Crippen LogP contribution in [0.4, 0.5) is 4.39 Å². The number of halogens is 1. The fraction of sp³-hybridized carbons (Fsp3) is 0. The number of nitrogens with zero attached hydrogens (tertiary/aromatic N) is 1. The molecule has 1 aromatic heterocycles. The maximum absolute atomic E-state index is 13.5. The Labute approximate surface area is 101 Å². The molecule has 0 atom stereocenters. The van der Waals surface area contributed by atoms with Crippen LogP contribution in [0.25, 0.3) is 16.5 Å². The zero-order chi connectivity index (χ0) is 12.3. The Morgan fingerprint density at radius 1 is 1.24 bits per heavy atom. The van der Waals surface area contributed by atoms with Crippen LogP contribution in [0.1, 0.15) is 4.88 Å². The Hall–Kier alpha value is -2.01.